The molecule has 1 heterocycles. The molecule has 3 aromatic carbocycles. The third-order valence-corrected chi connectivity index (χ3v) is 6.44. The maximum Gasteiger partial charge on any atom is 0.267 e. The van der Waals surface area contributed by atoms with Crippen LogP contribution in [0.5, 0.6) is 0 Å². The molecule has 0 atom stereocenters. The van der Waals surface area contributed by atoms with E-state index in [0.717, 1.165) is 22.9 Å². The van der Waals surface area contributed by atoms with Crippen molar-refractivity contribution in [3.05, 3.63) is 102 Å². The summed E-state index contributed by atoms with van der Waals surface area (Å²) in [5.41, 5.74) is 3.15. The average molecular weight is 419 g/mol. The van der Waals surface area contributed by atoms with Gasteiger partial charge in [-0.1, -0.05) is 61.5 Å². The molecule has 0 saturated carbocycles. The fraction of sp³-hybridized carbons (Fsp3) is 0.125. The van der Waals surface area contributed by atoms with Gasteiger partial charge in [0, 0.05) is 18.1 Å². The van der Waals surface area contributed by atoms with Gasteiger partial charge in [0.1, 0.15) is 0 Å². The van der Waals surface area contributed by atoms with Crippen LogP contribution in [0.15, 0.2) is 90.0 Å². The topological polar surface area (TPSA) is 68.2 Å². The minimum absolute atomic E-state index is 0.0693. The highest BCUT2D eigenvalue weighted by Crippen LogP contribution is 2.22. The first-order valence-corrected chi connectivity index (χ1v) is 11.2. The Kier molecular flexibility index (Phi) is 5.42. The summed E-state index contributed by atoms with van der Waals surface area (Å²) in [5.74, 6) is -0.645. The van der Waals surface area contributed by atoms with E-state index in [-0.39, 0.29) is 4.90 Å². The van der Waals surface area contributed by atoms with E-state index < -0.39 is 15.9 Å². The van der Waals surface area contributed by atoms with Gasteiger partial charge in [-0.05, 0) is 41.8 Å². The highest BCUT2D eigenvalue weighted by atomic mass is 32.2. The van der Waals surface area contributed by atoms with Gasteiger partial charge in [-0.3, -0.25) is 4.79 Å². The second-order valence-electron chi connectivity index (χ2n) is 7.10. The number of carbonyl (C=O) groups excluding carboxylic acids is 1. The third-order valence-electron chi connectivity index (χ3n) is 5.10. The van der Waals surface area contributed by atoms with Crippen molar-refractivity contribution >= 4 is 26.8 Å². The number of amides is 1. The van der Waals surface area contributed by atoms with Crippen molar-refractivity contribution < 1.29 is 13.2 Å². The van der Waals surface area contributed by atoms with E-state index in [1.54, 1.807) is 24.3 Å². The van der Waals surface area contributed by atoms with Crippen LogP contribution >= 0.6 is 0 Å². The van der Waals surface area contributed by atoms with Crippen molar-refractivity contribution in [2.75, 3.05) is 0 Å². The number of sulfonamides is 1. The zero-order valence-corrected chi connectivity index (χ0v) is 17.4. The van der Waals surface area contributed by atoms with Crippen LogP contribution in [0.1, 0.15) is 28.4 Å². The Hall–Kier alpha value is -3.38. The number of carbonyl (C=O) groups is 1. The Morgan fingerprint density at radius 2 is 1.60 bits per heavy atom. The van der Waals surface area contributed by atoms with E-state index in [1.807, 2.05) is 60.2 Å². The lowest BCUT2D eigenvalue weighted by Crippen LogP contribution is -2.31. The molecule has 0 aliphatic carbocycles. The standard InChI is InChI=1S/C24H22N2O3S/c1-2-18-11-13-21(14-12-18)30(28,29)25-24(27)22-10-6-9-20-15-16-26(23(20)22)17-19-7-4-3-5-8-19/h3-16H,2,17H2,1H3,(H,25,27). The first kappa shape index (κ1) is 19.9. The SMILES string of the molecule is CCc1ccc(S(=O)(=O)NC(=O)c2cccc3ccn(Cc4ccccc4)c23)cc1. The Morgan fingerprint density at radius 3 is 2.30 bits per heavy atom. The van der Waals surface area contributed by atoms with Crippen molar-refractivity contribution in [1.82, 2.24) is 9.29 Å². The molecule has 30 heavy (non-hydrogen) atoms. The Labute approximate surface area is 176 Å². The summed E-state index contributed by atoms with van der Waals surface area (Å²) in [7, 11) is -3.96. The number of rotatable bonds is 6. The monoisotopic (exact) mass is 418 g/mol. The largest absolute Gasteiger partial charge is 0.342 e. The van der Waals surface area contributed by atoms with Crippen LogP contribution < -0.4 is 4.72 Å². The Balaban J connectivity index is 1.66. The van der Waals surface area contributed by atoms with Crippen LogP contribution in [-0.4, -0.2) is 18.9 Å². The summed E-state index contributed by atoms with van der Waals surface area (Å²) in [5, 5.41) is 0.878. The molecule has 0 spiro atoms. The van der Waals surface area contributed by atoms with E-state index in [2.05, 4.69) is 4.72 Å². The number of aryl methyl sites for hydroxylation is 1. The molecule has 6 heteroatoms. The number of nitrogens with one attached hydrogen (secondary N) is 1. The zero-order valence-electron chi connectivity index (χ0n) is 16.6. The molecule has 1 N–H and O–H groups in total. The van der Waals surface area contributed by atoms with Crippen LogP contribution in [0.25, 0.3) is 10.9 Å². The van der Waals surface area contributed by atoms with Gasteiger partial charge in [0.25, 0.3) is 15.9 Å². The molecule has 1 aromatic heterocycles. The lowest BCUT2D eigenvalue weighted by molar-refractivity contribution is 0.0982. The van der Waals surface area contributed by atoms with Crippen molar-refractivity contribution in [2.45, 2.75) is 24.8 Å². The second kappa shape index (κ2) is 8.16. The first-order valence-electron chi connectivity index (χ1n) is 9.76. The summed E-state index contributed by atoms with van der Waals surface area (Å²) in [6, 6.07) is 23.7. The van der Waals surface area contributed by atoms with Crippen molar-refractivity contribution in [2.24, 2.45) is 0 Å². The first-order chi connectivity index (χ1) is 14.5. The molecule has 5 nitrogen and oxygen atoms in total. The van der Waals surface area contributed by atoms with Gasteiger partial charge in [-0.15, -0.1) is 0 Å². The highest BCUT2D eigenvalue weighted by Gasteiger charge is 2.21. The maximum atomic E-state index is 13.0. The van der Waals surface area contributed by atoms with Gasteiger partial charge >= 0.3 is 0 Å². The van der Waals surface area contributed by atoms with E-state index in [0.29, 0.717) is 17.6 Å². The molecule has 0 radical (unpaired) electrons. The molecule has 0 aliphatic heterocycles. The molecule has 0 aliphatic rings. The number of fused-ring (bicyclic) bond motifs is 1. The van der Waals surface area contributed by atoms with Crippen LogP contribution in [-0.2, 0) is 23.0 Å². The van der Waals surface area contributed by atoms with Crippen molar-refractivity contribution in [1.29, 1.82) is 0 Å². The number of aromatic nitrogens is 1. The van der Waals surface area contributed by atoms with Gasteiger partial charge in [0.15, 0.2) is 0 Å². The lowest BCUT2D eigenvalue weighted by Gasteiger charge is -2.11. The van der Waals surface area contributed by atoms with Crippen molar-refractivity contribution in [3.8, 4) is 0 Å². The number of hydrogen-bond donors (Lipinski definition) is 1. The van der Waals surface area contributed by atoms with Gasteiger partial charge in [-0.2, -0.15) is 0 Å². The lowest BCUT2D eigenvalue weighted by atomic mass is 10.1. The molecule has 152 valence electrons. The normalized spacial score (nSPS) is 11.5. The molecule has 1 amide bonds. The number of nitrogens with zero attached hydrogens (tertiary/aromatic N) is 1. The second-order valence-corrected chi connectivity index (χ2v) is 8.79. The summed E-state index contributed by atoms with van der Waals surface area (Å²) in [6.45, 7) is 2.58. The predicted molar refractivity (Wildman–Crippen MR) is 118 cm³/mol. The maximum absolute atomic E-state index is 13.0. The summed E-state index contributed by atoms with van der Waals surface area (Å²) in [6.07, 6.45) is 2.72. The molecular formula is C24H22N2O3S. The molecule has 4 aromatic rings. The van der Waals surface area contributed by atoms with Gasteiger partial charge < -0.3 is 4.57 Å². The minimum Gasteiger partial charge on any atom is -0.342 e. The quantitative estimate of drug-likeness (QED) is 0.506. The highest BCUT2D eigenvalue weighted by molar-refractivity contribution is 7.90. The summed E-state index contributed by atoms with van der Waals surface area (Å²) >= 11 is 0. The molecule has 0 fully saturated rings. The van der Waals surface area contributed by atoms with Crippen LogP contribution in [0.3, 0.4) is 0 Å². The average Bonchev–Trinajstić information content (AvgIpc) is 3.17. The fourth-order valence-electron chi connectivity index (χ4n) is 3.50. The smallest absolute Gasteiger partial charge is 0.267 e. The van der Waals surface area contributed by atoms with Crippen molar-refractivity contribution in [3.63, 3.8) is 0 Å². The number of para-hydroxylation sites is 1. The third kappa shape index (κ3) is 4.00. The predicted octanol–water partition coefficient (Wildman–Crippen LogP) is 4.37. The molecule has 0 unspecified atom stereocenters. The summed E-state index contributed by atoms with van der Waals surface area (Å²) in [4.78, 5) is 13.0. The van der Waals surface area contributed by atoms with E-state index >= 15 is 0 Å². The van der Waals surface area contributed by atoms with Gasteiger partial charge in [0.05, 0.1) is 16.0 Å². The fourth-order valence-corrected chi connectivity index (χ4v) is 4.46. The molecule has 4 rings (SSSR count). The summed E-state index contributed by atoms with van der Waals surface area (Å²) < 4.78 is 29.6. The molecule has 0 saturated heterocycles. The van der Waals surface area contributed by atoms with Crippen LogP contribution in [0.2, 0.25) is 0 Å². The molecular weight excluding hydrogens is 396 g/mol. The Morgan fingerprint density at radius 1 is 0.867 bits per heavy atom. The van der Waals surface area contributed by atoms with E-state index in [4.69, 9.17) is 0 Å². The number of benzene rings is 3. The zero-order chi connectivity index (χ0) is 21.1. The van der Waals surface area contributed by atoms with E-state index in [1.165, 1.54) is 12.1 Å². The van der Waals surface area contributed by atoms with Crippen LogP contribution in [0.4, 0.5) is 0 Å². The molecule has 0 bridgehead atoms. The van der Waals surface area contributed by atoms with E-state index in [9.17, 15) is 13.2 Å². The Bertz CT molecular complexity index is 1290. The van der Waals surface area contributed by atoms with Crippen LogP contribution in [0, 0.1) is 0 Å². The van der Waals surface area contributed by atoms with Gasteiger partial charge in [0.2, 0.25) is 0 Å². The number of hydrogen-bond acceptors (Lipinski definition) is 3. The van der Waals surface area contributed by atoms with Gasteiger partial charge in [-0.25, -0.2) is 13.1 Å². The minimum atomic E-state index is -3.96.